The van der Waals surface area contributed by atoms with Crippen LogP contribution in [0.5, 0.6) is 0 Å². The van der Waals surface area contributed by atoms with Crippen molar-refractivity contribution >= 4 is 45.2 Å². The van der Waals surface area contributed by atoms with Gasteiger partial charge in [0.25, 0.3) is 5.91 Å². The van der Waals surface area contributed by atoms with Crippen molar-refractivity contribution in [2.24, 2.45) is 5.73 Å². The molecule has 6 nitrogen and oxygen atoms in total. The second kappa shape index (κ2) is 6.62. The van der Waals surface area contributed by atoms with Crippen LogP contribution in [-0.4, -0.2) is 33.7 Å². The third-order valence-electron chi connectivity index (χ3n) is 3.14. The number of primary amides is 1. The highest BCUT2D eigenvalue weighted by Crippen LogP contribution is 2.35. The summed E-state index contributed by atoms with van der Waals surface area (Å²) in [5.74, 6) is -0.430. The van der Waals surface area contributed by atoms with Crippen molar-refractivity contribution in [2.75, 3.05) is 5.75 Å². The predicted molar refractivity (Wildman–Crippen MR) is 87.1 cm³/mol. The second-order valence-corrected chi connectivity index (χ2v) is 7.03. The molecule has 0 spiro atoms. The summed E-state index contributed by atoms with van der Waals surface area (Å²) in [5.41, 5.74) is 6.19. The number of aromatic nitrogens is 2. The van der Waals surface area contributed by atoms with E-state index in [1.165, 1.54) is 23.6 Å². The van der Waals surface area contributed by atoms with Gasteiger partial charge in [0.2, 0.25) is 0 Å². The summed E-state index contributed by atoms with van der Waals surface area (Å²) in [7, 11) is 0. The van der Waals surface area contributed by atoms with Crippen LogP contribution >= 0.6 is 23.1 Å². The molecule has 0 radical (unpaired) electrons. The molecule has 0 unspecified atom stereocenters. The van der Waals surface area contributed by atoms with Gasteiger partial charge in [-0.25, -0.2) is 9.97 Å². The lowest BCUT2D eigenvalue weighted by Crippen LogP contribution is -2.31. The average Bonchev–Trinajstić information content (AvgIpc) is 2.71. The minimum atomic E-state index is -0.926. The number of carbonyl (C=O) groups is 2. The largest absolute Gasteiger partial charge is 0.452 e. The number of nitrogens with two attached hydrogens (primary N) is 1. The smallest absolute Gasteiger partial charge is 0.317 e. The van der Waals surface area contributed by atoms with E-state index in [1.54, 1.807) is 11.3 Å². The topological polar surface area (TPSA) is 95.2 Å². The first kappa shape index (κ1) is 16.7. The Morgan fingerprint density at radius 3 is 2.64 bits per heavy atom. The van der Waals surface area contributed by atoms with Gasteiger partial charge < -0.3 is 10.5 Å². The van der Waals surface area contributed by atoms with Crippen molar-refractivity contribution in [3.63, 3.8) is 0 Å². The van der Waals surface area contributed by atoms with Gasteiger partial charge in [-0.2, -0.15) is 0 Å². The third-order valence-corrected chi connectivity index (χ3v) is 5.19. The number of ether oxygens (including phenoxy) is 1. The van der Waals surface area contributed by atoms with E-state index in [4.69, 9.17) is 10.5 Å². The second-order valence-electron chi connectivity index (χ2n) is 4.86. The SMILES string of the molecule is Cc1nc(SCC(=O)O[C@H](C)C(N)=O)c2c(C)c(C)sc2n1. The summed E-state index contributed by atoms with van der Waals surface area (Å²) in [6.45, 7) is 7.32. The monoisotopic (exact) mass is 339 g/mol. The van der Waals surface area contributed by atoms with E-state index < -0.39 is 18.0 Å². The predicted octanol–water partition coefficient (Wildman–Crippen LogP) is 2.13. The summed E-state index contributed by atoms with van der Waals surface area (Å²) < 4.78 is 4.94. The summed E-state index contributed by atoms with van der Waals surface area (Å²) >= 11 is 2.90. The molecule has 2 aromatic heterocycles. The Bertz CT molecular complexity index is 742. The zero-order chi connectivity index (χ0) is 16.4. The van der Waals surface area contributed by atoms with Crippen LogP contribution in [0.2, 0.25) is 0 Å². The van der Waals surface area contributed by atoms with Gasteiger partial charge >= 0.3 is 5.97 Å². The number of thioether (sulfide) groups is 1. The lowest BCUT2D eigenvalue weighted by molar-refractivity contribution is -0.151. The van der Waals surface area contributed by atoms with Gasteiger partial charge in [-0.15, -0.1) is 11.3 Å². The maximum absolute atomic E-state index is 11.8. The van der Waals surface area contributed by atoms with Crippen molar-refractivity contribution in [1.29, 1.82) is 0 Å². The van der Waals surface area contributed by atoms with Gasteiger partial charge in [-0.05, 0) is 33.3 Å². The molecule has 8 heteroatoms. The number of amides is 1. The van der Waals surface area contributed by atoms with Crippen LogP contribution < -0.4 is 5.73 Å². The molecule has 2 aromatic rings. The number of rotatable bonds is 5. The van der Waals surface area contributed by atoms with E-state index in [0.717, 1.165) is 20.8 Å². The van der Waals surface area contributed by atoms with Gasteiger partial charge in [-0.3, -0.25) is 9.59 Å². The van der Waals surface area contributed by atoms with Crippen LogP contribution in [0.15, 0.2) is 5.03 Å². The fourth-order valence-corrected chi connectivity index (χ4v) is 3.89. The van der Waals surface area contributed by atoms with Crippen LogP contribution in [0, 0.1) is 20.8 Å². The van der Waals surface area contributed by atoms with E-state index in [1.807, 2.05) is 20.8 Å². The minimum absolute atomic E-state index is 0.0670. The Kier molecular flexibility index (Phi) is 5.02. The molecule has 2 heterocycles. The van der Waals surface area contributed by atoms with E-state index in [2.05, 4.69) is 9.97 Å². The molecule has 0 saturated heterocycles. The molecule has 0 aromatic carbocycles. The molecule has 22 heavy (non-hydrogen) atoms. The highest BCUT2D eigenvalue weighted by Gasteiger charge is 2.18. The number of fused-ring (bicyclic) bond motifs is 1. The Hall–Kier alpha value is -1.67. The molecule has 0 fully saturated rings. The standard InChI is InChI=1S/C14H17N3O3S2/c1-6-8(3)22-14-11(6)13(16-9(4)17-14)21-5-10(18)20-7(2)12(15)19/h7H,5H2,1-4H3,(H2,15,19)/t7-/m1/s1. The number of hydrogen-bond donors (Lipinski definition) is 1. The van der Waals surface area contributed by atoms with Crippen molar-refractivity contribution in [1.82, 2.24) is 9.97 Å². The average molecular weight is 339 g/mol. The highest BCUT2D eigenvalue weighted by atomic mass is 32.2. The van der Waals surface area contributed by atoms with E-state index >= 15 is 0 Å². The Balaban J connectivity index is 2.18. The van der Waals surface area contributed by atoms with Crippen LogP contribution in [0.1, 0.15) is 23.2 Å². The third kappa shape index (κ3) is 3.56. The zero-order valence-electron chi connectivity index (χ0n) is 12.8. The minimum Gasteiger partial charge on any atom is -0.452 e. The molecule has 0 bridgehead atoms. The lowest BCUT2D eigenvalue weighted by Gasteiger charge is -2.09. The first-order chi connectivity index (χ1) is 10.3. The number of aryl methyl sites for hydroxylation is 3. The molecule has 118 valence electrons. The van der Waals surface area contributed by atoms with Gasteiger partial charge in [-0.1, -0.05) is 11.8 Å². The summed E-state index contributed by atoms with van der Waals surface area (Å²) in [5, 5.41) is 1.74. The van der Waals surface area contributed by atoms with Crippen LogP contribution in [0.25, 0.3) is 10.2 Å². The molecule has 2 N–H and O–H groups in total. The number of thiophene rings is 1. The van der Waals surface area contributed by atoms with Crippen LogP contribution in [0.3, 0.4) is 0 Å². The zero-order valence-corrected chi connectivity index (χ0v) is 14.4. The van der Waals surface area contributed by atoms with Crippen LogP contribution in [0.4, 0.5) is 0 Å². The number of nitrogens with zero attached hydrogens (tertiary/aromatic N) is 2. The highest BCUT2D eigenvalue weighted by molar-refractivity contribution is 8.00. The number of hydrogen-bond acceptors (Lipinski definition) is 7. The van der Waals surface area contributed by atoms with Crippen molar-refractivity contribution in [3.8, 4) is 0 Å². The van der Waals surface area contributed by atoms with Crippen molar-refractivity contribution in [2.45, 2.75) is 38.8 Å². The fourth-order valence-electron chi connectivity index (χ4n) is 1.84. The van der Waals surface area contributed by atoms with Gasteiger partial charge in [0.1, 0.15) is 15.7 Å². The van der Waals surface area contributed by atoms with E-state index in [-0.39, 0.29) is 5.75 Å². The Morgan fingerprint density at radius 1 is 1.32 bits per heavy atom. The lowest BCUT2D eigenvalue weighted by atomic mass is 10.2. The molecule has 1 atom stereocenters. The van der Waals surface area contributed by atoms with Crippen LogP contribution in [-0.2, 0) is 14.3 Å². The Morgan fingerprint density at radius 2 is 2.00 bits per heavy atom. The molecule has 1 amide bonds. The summed E-state index contributed by atoms with van der Waals surface area (Å²) in [6.07, 6.45) is -0.926. The molecule has 0 saturated carbocycles. The molecular weight excluding hydrogens is 322 g/mol. The maximum atomic E-state index is 11.8. The maximum Gasteiger partial charge on any atom is 0.317 e. The quantitative estimate of drug-likeness (QED) is 0.509. The number of carbonyl (C=O) groups excluding carboxylic acids is 2. The first-order valence-electron chi connectivity index (χ1n) is 6.65. The molecule has 2 rings (SSSR count). The summed E-state index contributed by atoms with van der Waals surface area (Å²) in [6, 6.07) is 0. The van der Waals surface area contributed by atoms with Gasteiger partial charge in [0.05, 0.1) is 5.75 Å². The normalized spacial score (nSPS) is 12.4. The Labute approximate surface area is 136 Å². The molecule has 0 aliphatic rings. The summed E-state index contributed by atoms with van der Waals surface area (Å²) in [4.78, 5) is 33.6. The van der Waals surface area contributed by atoms with Gasteiger partial charge in [0.15, 0.2) is 6.10 Å². The number of esters is 1. The molecular formula is C14H17N3O3S2. The molecule has 0 aliphatic carbocycles. The van der Waals surface area contributed by atoms with Crippen molar-refractivity contribution < 1.29 is 14.3 Å². The van der Waals surface area contributed by atoms with E-state index in [0.29, 0.717) is 5.82 Å². The fraction of sp³-hybridized carbons (Fsp3) is 0.429. The van der Waals surface area contributed by atoms with Crippen molar-refractivity contribution in [3.05, 3.63) is 16.3 Å². The first-order valence-corrected chi connectivity index (χ1v) is 8.45. The van der Waals surface area contributed by atoms with Gasteiger partial charge in [0, 0.05) is 10.3 Å². The van der Waals surface area contributed by atoms with E-state index in [9.17, 15) is 9.59 Å². The molecule has 0 aliphatic heterocycles.